The number of aliphatic carboxylic acids is 2. The fraction of sp³-hybridized carbons (Fsp3) is 0.227. The SMILES string of the molecule is Fc1ccccc1-n1nc(OC[C@@H]2CNCCO2)c2c(F)cccc21.O=C(O)/C=C\C(=O)O. The summed E-state index contributed by atoms with van der Waals surface area (Å²) in [6.07, 6.45) is 0.985. The molecule has 33 heavy (non-hydrogen) atoms. The van der Waals surface area contributed by atoms with Gasteiger partial charge in [0.15, 0.2) is 0 Å². The van der Waals surface area contributed by atoms with E-state index in [0.29, 0.717) is 30.8 Å². The van der Waals surface area contributed by atoms with Crippen molar-refractivity contribution in [2.45, 2.75) is 6.10 Å². The van der Waals surface area contributed by atoms with Crippen molar-refractivity contribution >= 4 is 22.8 Å². The number of aromatic nitrogens is 2. The highest BCUT2D eigenvalue weighted by Crippen LogP contribution is 2.30. The lowest BCUT2D eigenvalue weighted by Crippen LogP contribution is -2.41. The van der Waals surface area contributed by atoms with Gasteiger partial charge < -0.3 is 25.0 Å². The van der Waals surface area contributed by atoms with Crippen molar-refractivity contribution in [2.75, 3.05) is 26.3 Å². The van der Waals surface area contributed by atoms with Gasteiger partial charge in [-0.25, -0.2) is 23.1 Å². The number of morpholine rings is 1. The number of ether oxygens (including phenoxy) is 2. The van der Waals surface area contributed by atoms with E-state index >= 15 is 0 Å². The van der Waals surface area contributed by atoms with Gasteiger partial charge in [0.2, 0.25) is 5.88 Å². The standard InChI is InChI=1S/C18H17F2N3O2.C4H4O4/c19-13-4-1-2-6-15(13)23-16-7-3-5-14(20)17(16)18(22-23)25-11-12-10-21-8-9-24-12;5-3(6)1-2-4(7)8/h1-7,12,21H,8-11H2;1-2H,(H,5,6)(H,7,8)/b;2-1-/t12-;/m0./s1. The zero-order chi connectivity index (χ0) is 23.8. The predicted molar refractivity (Wildman–Crippen MR) is 114 cm³/mol. The minimum atomic E-state index is -1.26. The summed E-state index contributed by atoms with van der Waals surface area (Å²) in [6, 6.07) is 10.8. The highest BCUT2D eigenvalue weighted by atomic mass is 19.1. The molecule has 0 saturated carbocycles. The Labute approximate surface area is 186 Å². The van der Waals surface area contributed by atoms with Gasteiger partial charge in [0, 0.05) is 25.2 Å². The highest BCUT2D eigenvalue weighted by molar-refractivity contribution is 5.89. The van der Waals surface area contributed by atoms with Crippen molar-refractivity contribution in [1.82, 2.24) is 15.1 Å². The number of carbonyl (C=O) groups is 2. The van der Waals surface area contributed by atoms with Crippen LogP contribution in [0.15, 0.2) is 54.6 Å². The van der Waals surface area contributed by atoms with Crippen LogP contribution in [-0.4, -0.2) is 64.3 Å². The molecule has 0 radical (unpaired) electrons. The first kappa shape index (κ1) is 23.8. The number of nitrogens with one attached hydrogen (secondary N) is 1. The zero-order valence-electron chi connectivity index (χ0n) is 17.3. The van der Waals surface area contributed by atoms with Crippen LogP contribution in [0, 0.1) is 11.6 Å². The molecule has 11 heteroatoms. The normalized spacial score (nSPS) is 15.8. The maximum atomic E-state index is 14.4. The van der Waals surface area contributed by atoms with Crippen LogP contribution in [0.2, 0.25) is 0 Å². The Hall–Kier alpha value is -3.83. The average molecular weight is 461 g/mol. The van der Waals surface area contributed by atoms with Crippen LogP contribution in [0.5, 0.6) is 5.88 Å². The Morgan fingerprint density at radius 2 is 1.82 bits per heavy atom. The minimum Gasteiger partial charge on any atom is -0.478 e. The number of para-hydroxylation sites is 1. The molecule has 1 saturated heterocycles. The van der Waals surface area contributed by atoms with Crippen molar-refractivity contribution in [3.8, 4) is 11.6 Å². The summed E-state index contributed by atoms with van der Waals surface area (Å²) in [7, 11) is 0. The van der Waals surface area contributed by atoms with Crippen LogP contribution in [0.3, 0.4) is 0 Å². The van der Waals surface area contributed by atoms with Crippen molar-refractivity contribution < 1.29 is 38.1 Å². The van der Waals surface area contributed by atoms with Crippen molar-refractivity contribution in [2.24, 2.45) is 0 Å². The predicted octanol–water partition coefficient (Wildman–Crippen LogP) is 2.38. The van der Waals surface area contributed by atoms with Gasteiger partial charge in [0.05, 0.1) is 17.5 Å². The Bertz CT molecular complexity index is 1140. The molecule has 2 heterocycles. The van der Waals surface area contributed by atoms with E-state index < -0.39 is 23.6 Å². The van der Waals surface area contributed by atoms with Crippen LogP contribution < -0.4 is 10.1 Å². The first-order valence-corrected chi connectivity index (χ1v) is 9.88. The highest BCUT2D eigenvalue weighted by Gasteiger charge is 2.20. The van der Waals surface area contributed by atoms with E-state index in [1.165, 1.54) is 16.8 Å². The van der Waals surface area contributed by atoms with E-state index in [9.17, 15) is 18.4 Å². The number of nitrogens with zero attached hydrogens (tertiary/aromatic N) is 2. The smallest absolute Gasteiger partial charge is 0.328 e. The molecule has 9 nitrogen and oxygen atoms in total. The maximum absolute atomic E-state index is 14.4. The number of fused-ring (bicyclic) bond motifs is 1. The van der Waals surface area contributed by atoms with Crippen LogP contribution in [0.4, 0.5) is 8.78 Å². The molecule has 1 aliphatic rings. The zero-order valence-corrected chi connectivity index (χ0v) is 17.3. The molecule has 3 aromatic rings. The van der Waals surface area contributed by atoms with Gasteiger partial charge in [-0.3, -0.25) is 0 Å². The van der Waals surface area contributed by atoms with E-state index in [-0.39, 0.29) is 29.7 Å². The molecular weight excluding hydrogens is 440 g/mol. The lowest BCUT2D eigenvalue weighted by molar-refractivity contribution is -0.134. The van der Waals surface area contributed by atoms with Gasteiger partial charge in [-0.2, -0.15) is 0 Å². The number of carboxylic acid groups (broad SMARTS) is 2. The van der Waals surface area contributed by atoms with Crippen LogP contribution >= 0.6 is 0 Å². The van der Waals surface area contributed by atoms with E-state index in [1.54, 1.807) is 30.3 Å². The van der Waals surface area contributed by atoms with Crippen molar-refractivity contribution in [1.29, 1.82) is 0 Å². The molecule has 0 spiro atoms. The Morgan fingerprint density at radius 3 is 2.45 bits per heavy atom. The van der Waals surface area contributed by atoms with E-state index in [0.717, 1.165) is 6.54 Å². The van der Waals surface area contributed by atoms with Gasteiger partial charge in [-0.05, 0) is 24.3 Å². The first-order chi connectivity index (χ1) is 15.9. The van der Waals surface area contributed by atoms with Crippen LogP contribution in [-0.2, 0) is 14.3 Å². The summed E-state index contributed by atoms with van der Waals surface area (Å²) in [4.78, 5) is 19.1. The Kier molecular flexibility index (Phi) is 8.06. The number of carboxylic acids is 2. The topological polar surface area (TPSA) is 123 Å². The second kappa shape index (κ2) is 11.2. The van der Waals surface area contributed by atoms with E-state index in [4.69, 9.17) is 19.7 Å². The lowest BCUT2D eigenvalue weighted by atomic mass is 10.2. The molecule has 1 aromatic heterocycles. The number of halogens is 2. The summed E-state index contributed by atoms with van der Waals surface area (Å²) >= 11 is 0. The largest absolute Gasteiger partial charge is 0.478 e. The van der Waals surface area contributed by atoms with Gasteiger partial charge in [-0.15, -0.1) is 5.10 Å². The third-order valence-electron chi connectivity index (χ3n) is 4.48. The number of benzene rings is 2. The molecule has 0 amide bonds. The third kappa shape index (κ3) is 6.34. The van der Waals surface area contributed by atoms with E-state index in [2.05, 4.69) is 10.4 Å². The number of hydrogen-bond donors (Lipinski definition) is 3. The summed E-state index contributed by atoms with van der Waals surface area (Å²) in [5.41, 5.74) is 0.686. The summed E-state index contributed by atoms with van der Waals surface area (Å²) < 4.78 is 41.2. The molecule has 4 rings (SSSR count). The summed E-state index contributed by atoms with van der Waals surface area (Å²) in [5, 5.41) is 23.4. The van der Waals surface area contributed by atoms with Gasteiger partial charge in [0.25, 0.3) is 0 Å². The molecule has 0 unspecified atom stereocenters. The third-order valence-corrected chi connectivity index (χ3v) is 4.48. The molecular formula is C22H21F2N3O6. The summed E-state index contributed by atoms with van der Waals surface area (Å²) in [6.45, 7) is 2.31. The molecule has 2 aromatic carbocycles. The molecule has 0 bridgehead atoms. The first-order valence-electron chi connectivity index (χ1n) is 9.88. The molecule has 0 aliphatic carbocycles. The van der Waals surface area contributed by atoms with Crippen LogP contribution in [0.25, 0.3) is 16.6 Å². The number of hydrogen-bond acceptors (Lipinski definition) is 6. The molecule has 1 aliphatic heterocycles. The van der Waals surface area contributed by atoms with Crippen molar-refractivity contribution in [3.05, 3.63) is 66.3 Å². The quantitative estimate of drug-likeness (QED) is 0.479. The maximum Gasteiger partial charge on any atom is 0.328 e. The second-order valence-electron chi connectivity index (χ2n) is 6.82. The molecule has 3 N–H and O–H groups in total. The van der Waals surface area contributed by atoms with Gasteiger partial charge in [-0.1, -0.05) is 18.2 Å². The number of rotatable bonds is 6. The fourth-order valence-electron chi connectivity index (χ4n) is 3.05. The summed E-state index contributed by atoms with van der Waals surface area (Å²) in [5.74, 6) is -3.29. The molecule has 174 valence electrons. The average Bonchev–Trinajstić information content (AvgIpc) is 3.17. The fourth-order valence-corrected chi connectivity index (χ4v) is 3.05. The van der Waals surface area contributed by atoms with Gasteiger partial charge in [0.1, 0.15) is 30.0 Å². The minimum absolute atomic E-state index is 0.130. The molecule has 1 fully saturated rings. The Morgan fingerprint density at radius 1 is 1.12 bits per heavy atom. The lowest BCUT2D eigenvalue weighted by Gasteiger charge is -2.23. The second-order valence-corrected chi connectivity index (χ2v) is 6.82. The van der Waals surface area contributed by atoms with E-state index in [1.807, 2.05) is 0 Å². The van der Waals surface area contributed by atoms with Crippen LogP contribution in [0.1, 0.15) is 0 Å². The van der Waals surface area contributed by atoms with Crippen molar-refractivity contribution in [3.63, 3.8) is 0 Å². The Balaban J connectivity index is 0.000000331. The molecule has 1 atom stereocenters. The van der Waals surface area contributed by atoms with Gasteiger partial charge >= 0.3 is 11.9 Å². The monoisotopic (exact) mass is 461 g/mol.